The van der Waals surface area contributed by atoms with Gasteiger partial charge < -0.3 is 10.1 Å². The van der Waals surface area contributed by atoms with Crippen molar-refractivity contribution in [2.45, 2.75) is 26.2 Å². The maximum atomic E-state index is 11.5. The van der Waals surface area contributed by atoms with Crippen molar-refractivity contribution in [1.29, 1.82) is 0 Å². The number of nitro benzene ring substituents is 1. The van der Waals surface area contributed by atoms with Crippen LogP contribution in [0.1, 0.15) is 26.2 Å². The number of unbranched alkanes of at least 4 members (excludes halogenated alkanes) is 1. The molecule has 0 saturated heterocycles. The van der Waals surface area contributed by atoms with Gasteiger partial charge in [0.15, 0.2) is 5.75 Å². The second-order valence-electron chi connectivity index (χ2n) is 3.80. The summed E-state index contributed by atoms with van der Waals surface area (Å²) in [6.07, 6.45) is 2.14. The zero-order valence-electron chi connectivity index (χ0n) is 10.4. The molecule has 0 aliphatic rings. The molecule has 6 nitrogen and oxygen atoms in total. The Labute approximate surface area is 105 Å². The minimum Gasteiger partial charge on any atom is -0.490 e. The lowest BCUT2D eigenvalue weighted by molar-refractivity contribution is -0.385. The van der Waals surface area contributed by atoms with E-state index >= 15 is 0 Å². The van der Waals surface area contributed by atoms with Gasteiger partial charge in [-0.3, -0.25) is 14.9 Å². The van der Waals surface area contributed by atoms with E-state index in [1.165, 1.54) is 19.2 Å². The van der Waals surface area contributed by atoms with Crippen LogP contribution in [0.4, 0.5) is 11.4 Å². The van der Waals surface area contributed by atoms with Crippen LogP contribution in [0.2, 0.25) is 0 Å². The van der Waals surface area contributed by atoms with Gasteiger partial charge in [-0.2, -0.15) is 0 Å². The van der Waals surface area contributed by atoms with Crippen molar-refractivity contribution in [3.63, 3.8) is 0 Å². The highest BCUT2D eigenvalue weighted by atomic mass is 16.6. The molecular weight excluding hydrogens is 236 g/mol. The second-order valence-corrected chi connectivity index (χ2v) is 3.80. The van der Waals surface area contributed by atoms with E-state index in [4.69, 9.17) is 4.74 Å². The van der Waals surface area contributed by atoms with E-state index < -0.39 is 4.92 Å². The number of benzene rings is 1. The van der Waals surface area contributed by atoms with Gasteiger partial charge in [0.05, 0.1) is 12.0 Å². The topological polar surface area (TPSA) is 81.5 Å². The van der Waals surface area contributed by atoms with Crippen molar-refractivity contribution < 1.29 is 14.5 Å². The summed E-state index contributed by atoms with van der Waals surface area (Å²) in [5.74, 6) is 0.0304. The lowest BCUT2D eigenvalue weighted by atomic mass is 10.2. The van der Waals surface area contributed by atoms with Gasteiger partial charge in [-0.05, 0) is 18.6 Å². The number of nitrogens with zero attached hydrogens (tertiary/aromatic N) is 1. The smallest absolute Gasteiger partial charge is 0.312 e. The van der Waals surface area contributed by atoms with Crippen molar-refractivity contribution in [2.75, 3.05) is 12.4 Å². The van der Waals surface area contributed by atoms with Gasteiger partial charge >= 0.3 is 5.69 Å². The highest BCUT2D eigenvalue weighted by Crippen LogP contribution is 2.29. The Morgan fingerprint density at radius 3 is 2.78 bits per heavy atom. The van der Waals surface area contributed by atoms with Crippen LogP contribution < -0.4 is 10.1 Å². The third-order valence-electron chi connectivity index (χ3n) is 2.42. The second kappa shape index (κ2) is 6.58. The summed E-state index contributed by atoms with van der Waals surface area (Å²) >= 11 is 0. The fourth-order valence-electron chi connectivity index (χ4n) is 1.47. The molecule has 1 amide bonds. The summed E-state index contributed by atoms with van der Waals surface area (Å²) in [6.45, 7) is 1.99. The number of ether oxygens (including phenoxy) is 1. The van der Waals surface area contributed by atoms with Gasteiger partial charge in [-0.25, -0.2) is 0 Å². The summed E-state index contributed by atoms with van der Waals surface area (Å²) < 4.78 is 4.88. The number of anilines is 1. The SMILES string of the molecule is CCCCC(=O)Nc1ccc(OC)c([N+](=O)[O-])c1. The molecule has 6 heteroatoms. The lowest BCUT2D eigenvalue weighted by Gasteiger charge is -2.06. The molecule has 0 aromatic heterocycles. The number of hydrogen-bond donors (Lipinski definition) is 1. The van der Waals surface area contributed by atoms with Gasteiger partial charge in [-0.1, -0.05) is 13.3 Å². The molecule has 1 rings (SSSR count). The van der Waals surface area contributed by atoms with Gasteiger partial charge in [0.2, 0.25) is 5.91 Å². The molecule has 0 unspecified atom stereocenters. The fraction of sp³-hybridized carbons (Fsp3) is 0.417. The van der Waals surface area contributed by atoms with Crippen LogP contribution >= 0.6 is 0 Å². The molecule has 0 radical (unpaired) electrons. The van der Waals surface area contributed by atoms with Crippen LogP contribution in [0.3, 0.4) is 0 Å². The van der Waals surface area contributed by atoms with Gasteiger partial charge in [0.25, 0.3) is 0 Å². The Morgan fingerprint density at radius 1 is 1.50 bits per heavy atom. The van der Waals surface area contributed by atoms with Crippen molar-refractivity contribution in [3.8, 4) is 5.75 Å². The van der Waals surface area contributed by atoms with E-state index in [0.29, 0.717) is 12.1 Å². The minimum atomic E-state index is -0.541. The molecule has 0 aliphatic carbocycles. The molecule has 0 atom stereocenters. The highest BCUT2D eigenvalue weighted by molar-refractivity contribution is 5.91. The average molecular weight is 252 g/mol. The third-order valence-corrected chi connectivity index (χ3v) is 2.42. The molecule has 1 aromatic rings. The number of methoxy groups -OCH3 is 1. The Hall–Kier alpha value is -2.11. The van der Waals surface area contributed by atoms with Crippen LogP contribution in [0.5, 0.6) is 5.75 Å². The van der Waals surface area contributed by atoms with E-state index in [1.54, 1.807) is 6.07 Å². The molecular formula is C12H16N2O4. The Morgan fingerprint density at radius 2 is 2.22 bits per heavy atom. The van der Waals surface area contributed by atoms with E-state index in [0.717, 1.165) is 12.8 Å². The Kier molecular flexibility index (Phi) is 5.10. The van der Waals surface area contributed by atoms with Crippen LogP contribution in [0.15, 0.2) is 18.2 Å². The van der Waals surface area contributed by atoms with Crippen molar-refractivity contribution in [2.24, 2.45) is 0 Å². The Balaban J connectivity index is 2.82. The van der Waals surface area contributed by atoms with Gasteiger partial charge in [0.1, 0.15) is 0 Å². The summed E-state index contributed by atoms with van der Waals surface area (Å²) in [5.41, 5.74) is 0.245. The third kappa shape index (κ3) is 3.73. The summed E-state index contributed by atoms with van der Waals surface area (Å²) in [4.78, 5) is 21.8. The molecule has 0 saturated carbocycles. The quantitative estimate of drug-likeness (QED) is 0.623. The number of rotatable bonds is 6. The van der Waals surface area contributed by atoms with E-state index in [-0.39, 0.29) is 17.3 Å². The molecule has 0 spiro atoms. The zero-order chi connectivity index (χ0) is 13.5. The maximum absolute atomic E-state index is 11.5. The normalized spacial score (nSPS) is 9.89. The molecule has 98 valence electrons. The standard InChI is InChI=1S/C12H16N2O4/c1-3-4-5-12(15)13-9-6-7-11(18-2)10(8-9)14(16)17/h6-8H,3-5H2,1-2H3,(H,13,15). The molecule has 0 aliphatic heterocycles. The minimum absolute atomic E-state index is 0.142. The monoisotopic (exact) mass is 252 g/mol. The zero-order valence-corrected chi connectivity index (χ0v) is 10.4. The van der Waals surface area contributed by atoms with E-state index in [2.05, 4.69) is 5.32 Å². The first-order valence-electron chi connectivity index (χ1n) is 5.70. The molecule has 0 bridgehead atoms. The summed E-state index contributed by atoms with van der Waals surface area (Å²) in [7, 11) is 1.36. The van der Waals surface area contributed by atoms with E-state index in [9.17, 15) is 14.9 Å². The van der Waals surface area contributed by atoms with E-state index in [1.807, 2.05) is 6.92 Å². The van der Waals surface area contributed by atoms with Crippen LogP contribution in [-0.2, 0) is 4.79 Å². The molecule has 1 aromatic carbocycles. The fourth-order valence-corrected chi connectivity index (χ4v) is 1.47. The largest absolute Gasteiger partial charge is 0.490 e. The molecule has 18 heavy (non-hydrogen) atoms. The average Bonchev–Trinajstić information content (AvgIpc) is 2.36. The number of hydrogen-bond acceptors (Lipinski definition) is 4. The van der Waals surface area contributed by atoms with Crippen LogP contribution in [0.25, 0.3) is 0 Å². The van der Waals surface area contributed by atoms with Crippen molar-refractivity contribution in [3.05, 3.63) is 28.3 Å². The van der Waals surface area contributed by atoms with Gasteiger partial charge in [0, 0.05) is 18.2 Å². The molecule has 1 N–H and O–H groups in total. The van der Waals surface area contributed by atoms with Crippen LogP contribution in [-0.4, -0.2) is 17.9 Å². The number of carbonyl (C=O) groups is 1. The number of amides is 1. The van der Waals surface area contributed by atoms with Crippen LogP contribution in [0, 0.1) is 10.1 Å². The summed E-state index contributed by atoms with van der Waals surface area (Å²) in [5, 5.41) is 13.4. The molecule has 0 heterocycles. The van der Waals surface area contributed by atoms with Crippen molar-refractivity contribution in [1.82, 2.24) is 0 Å². The first-order chi connectivity index (χ1) is 8.58. The molecule has 0 fully saturated rings. The first kappa shape index (κ1) is 14.0. The number of nitrogens with one attached hydrogen (secondary N) is 1. The predicted octanol–water partition coefficient (Wildman–Crippen LogP) is 2.73. The Bertz CT molecular complexity index is 446. The first-order valence-corrected chi connectivity index (χ1v) is 5.70. The number of carbonyl (C=O) groups excluding carboxylic acids is 1. The van der Waals surface area contributed by atoms with Crippen molar-refractivity contribution >= 4 is 17.3 Å². The summed E-state index contributed by atoms with van der Waals surface area (Å²) in [6, 6.07) is 4.34. The lowest BCUT2D eigenvalue weighted by Crippen LogP contribution is -2.11. The van der Waals surface area contributed by atoms with Gasteiger partial charge in [-0.15, -0.1) is 0 Å². The predicted molar refractivity (Wildman–Crippen MR) is 67.8 cm³/mol. The number of nitro groups is 1. The maximum Gasteiger partial charge on any atom is 0.312 e. The highest BCUT2D eigenvalue weighted by Gasteiger charge is 2.15.